The van der Waals surface area contributed by atoms with Crippen molar-refractivity contribution in [1.82, 2.24) is 0 Å². The Hall–Kier alpha value is -1.29. The Balaban J connectivity index is 2.51. The largest absolute Gasteiger partial charge is 0.409 e. The van der Waals surface area contributed by atoms with Gasteiger partial charge in [0.05, 0.1) is 10.4 Å². The second-order valence-electron chi connectivity index (χ2n) is 3.67. The van der Waals surface area contributed by atoms with Crippen LogP contribution in [0.2, 0.25) is 5.02 Å². The molecular formula is C10H10ClFN2O. The lowest BCUT2D eigenvalue weighted by Crippen LogP contribution is -2.29. The molecule has 1 aromatic carbocycles. The lowest BCUT2D eigenvalue weighted by atomic mass is 9.94. The predicted octanol–water partition coefficient (Wildman–Crippen LogP) is 2.26. The number of hydrogen-bond donors (Lipinski definition) is 2. The summed E-state index contributed by atoms with van der Waals surface area (Å²) in [6, 6.07) is 4.56. The second-order valence-corrected chi connectivity index (χ2v) is 4.05. The monoisotopic (exact) mass is 228 g/mol. The van der Waals surface area contributed by atoms with Gasteiger partial charge in [-0.2, -0.15) is 0 Å². The molecule has 0 amide bonds. The molecule has 0 unspecified atom stereocenters. The molecule has 0 spiro atoms. The minimum Gasteiger partial charge on any atom is -0.409 e. The van der Waals surface area contributed by atoms with Crippen molar-refractivity contribution < 1.29 is 9.60 Å². The summed E-state index contributed by atoms with van der Waals surface area (Å²) < 4.78 is 13.2. The van der Waals surface area contributed by atoms with Crippen LogP contribution in [0.15, 0.2) is 23.4 Å². The van der Waals surface area contributed by atoms with Gasteiger partial charge in [-0.25, -0.2) is 4.39 Å². The van der Waals surface area contributed by atoms with Gasteiger partial charge in [0.2, 0.25) is 0 Å². The molecule has 2 rings (SSSR count). The van der Waals surface area contributed by atoms with Crippen LogP contribution in [0.5, 0.6) is 0 Å². The predicted molar refractivity (Wildman–Crippen MR) is 55.7 cm³/mol. The van der Waals surface area contributed by atoms with Crippen molar-refractivity contribution >= 4 is 17.4 Å². The fraction of sp³-hybridized carbons (Fsp3) is 0.300. The van der Waals surface area contributed by atoms with Crippen molar-refractivity contribution in [1.29, 1.82) is 0 Å². The first-order chi connectivity index (χ1) is 7.12. The zero-order valence-corrected chi connectivity index (χ0v) is 8.63. The third-order valence-corrected chi connectivity index (χ3v) is 3.20. The van der Waals surface area contributed by atoms with E-state index < -0.39 is 11.2 Å². The summed E-state index contributed by atoms with van der Waals surface area (Å²) >= 11 is 5.85. The molecule has 0 bridgehead atoms. The second kappa shape index (κ2) is 3.38. The topological polar surface area (TPSA) is 58.6 Å². The summed E-state index contributed by atoms with van der Waals surface area (Å²) in [5.41, 5.74) is 5.62. The number of nitrogens with two attached hydrogens (primary N) is 1. The lowest BCUT2D eigenvalue weighted by molar-refractivity contribution is 0.315. The van der Waals surface area contributed by atoms with E-state index in [-0.39, 0.29) is 10.9 Å². The van der Waals surface area contributed by atoms with Gasteiger partial charge < -0.3 is 10.9 Å². The maximum atomic E-state index is 13.2. The lowest BCUT2D eigenvalue weighted by Gasteiger charge is -2.15. The Kier molecular flexibility index (Phi) is 2.31. The molecule has 0 aromatic heterocycles. The molecule has 3 N–H and O–H groups in total. The van der Waals surface area contributed by atoms with E-state index in [1.807, 2.05) is 0 Å². The van der Waals surface area contributed by atoms with Crippen LogP contribution in [0.4, 0.5) is 4.39 Å². The third kappa shape index (κ3) is 1.45. The molecule has 0 heterocycles. The number of hydrogen-bond acceptors (Lipinski definition) is 2. The third-order valence-electron chi connectivity index (χ3n) is 2.82. The fourth-order valence-corrected chi connectivity index (χ4v) is 2.06. The van der Waals surface area contributed by atoms with Gasteiger partial charge in [0.1, 0.15) is 11.7 Å². The SMILES string of the molecule is N/C(=N\O)C1(c2cccc(F)c2Cl)CC1. The Bertz CT molecular complexity index is 429. The highest BCUT2D eigenvalue weighted by atomic mass is 35.5. The standard InChI is InChI=1S/C10H10ClFN2O/c11-8-6(2-1-3-7(8)12)10(4-5-10)9(13)14-15/h1-3,15H,4-5H2,(H2,13,14). The summed E-state index contributed by atoms with van der Waals surface area (Å²) in [5, 5.41) is 11.7. The average Bonchev–Trinajstić information content (AvgIpc) is 3.02. The highest BCUT2D eigenvalue weighted by molar-refractivity contribution is 6.32. The molecule has 1 aliphatic rings. The Labute approximate surface area is 91.3 Å². The minimum atomic E-state index is -0.562. The molecule has 1 aliphatic carbocycles. The summed E-state index contributed by atoms with van der Waals surface area (Å²) in [6.45, 7) is 0. The highest BCUT2D eigenvalue weighted by Crippen LogP contribution is 2.50. The molecule has 0 radical (unpaired) electrons. The zero-order valence-electron chi connectivity index (χ0n) is 7.87. The molecular weight excluding hydrogens is 219 g/mol. The molecule has 0 aliphatic heterocycles. The zero-order chi connectivity index (χ0) is 11.1. The van der Waals surface area contributed by atoms with Gasteiger partial charge in [-0.1, -0.05) is 28.9 Å². The first-order valence-electron chi connectivity index (χ1n) is 4.54. The van der Waals surface area contributed by atoms with Crippen LogP contribution >= 0.6 is 11.6 Å². The van der Waals surface area contributed by atoms with E-state index in [1.165, 1.54) is 6.07 Å². The summed E-state index contributed by atoms with van der Waals surface area (Å²) in [4.78, 5) is 0. The molecule has 1 saturated carbocycles. The van der Waals surface area contributed by atoms with Crippen molar-refractivity contribution in [3.8, 4) is 0 Å². The molecule has 1 fully saturated rings. The van der Waals surface area contributed by atoms with Gasteiger partial charge in [0.15, 0.2) is 0 Å². The number of benzene rings is 1. The minimum absolute atomic E-state index is 0.0570. The molecule has 80 valence electrons. The van der Waals surface area contributed by atoms with Gasteiger partial charge in [0.25, 0.3) is 0 Å². The van der Waals surface area contributed by atoms with E-state index in [0.717, 1.165) is 12.8 Å². The number of amidine groups is 1. The average molecular weight is 229 g/mol. The van der Waals surface area contributed by atoms with Crippen molar-refractivity contribution in [3.05, 3.63) is 34.6 Å². The van der Waals surface area contributed by atoms with E-state index in [0.29, 0.717) is 5.56 Å². The Morgan fingerprint density at radius 1 is 1.53 bits per heavy atom. The number of oxime groups is 1. The smallest absolute Gasteiger partial charge is 0.149 e. The van der Waals surface area contributed by atoms with Crippen LogP contribution in [-0.4, -0.2) is 11.0 Å². The first-order valence-corrected chi connectivity index (χ1v) is 4.92. The number of rotatable bonds is 2. The van der Waals surface area contributed by atoms with Gasteiger partial charge in [-0.05, 0) is 24.5 Å². The van der Waals surface area contributed by atoms with Crippen LogP contribution in [0.1, 0.15) is 18.4 Å². The van der Waals surface area contributed by atoms with E-state index >= 15 is 0 Å². The highest BCUT2D eigenvalue weighted by Gasteiger charge is 2.50. The van der Waals surface area contributed by atoms with Crippen LogP contribution < -0.4 is 5.73 Å². The quantitative estimate of drug-likeness (QED) is 0.353. The number of nitrogens with zero attached hydrogens (tertiary/aromatic N) is 1. The van der Waals surface area contributed by atoms with Crippen molar-refractivity contribution in [2.75, 3.05) is 0 Å². The molecule has 3 nitrogen and oxygen atoms in total. The van der Waals surface area contributed by atoms with Gasteiger partial charge in [-0.15, -0.1) is 0 Å². The van der Waals surface area contributed by atoms with Crippen molar-refractivity contribution in [2.24, 2.45) is 10.9 Å². The molecule has 15 heavy (non-hydrogen) atoms. The maximum absolute atomic E-state index is 13.2. The molecule has 0 saturated heterocycles. The number of halogens is 2. The molecule has 1 aromatic rings. The van der Waals surface area contributed by atoms with E-state index in [1.54, 1.807) is 12.1 Å². The van der Waals surface area contributed by atoms with E-state index in [2.05, 4.69) is 5.16 Å². The summed E-state index contributed by atoms with van der Waals surface area (Å²) in [5.74, 6) is -0.388. The Morgan fingerprint density at radius 2 is 2.20 bits per heavy atom. The van der Waals surface area contributed by atoms with Crippen LogP contribution in [-0.2, 0) is 5.41 Å². The van der Waals surface area contributed by atoms with Crippen LogP contribution in [0, 0.1) is 5.82 Å². The summed E-state index contributed by atoms with van der Waals surface area (Å²) in [7, 11) is 0. The van der Waals surface area contributed by atoms with Crippen LogP contribution in [0.25, 0.3) is 0 Å². The molecule has 0 atom stereocenters. The fourth-order valence-electron chi connectivity index (χ4n) is 1.76. The van der Waals surface area contributed by atoms with E-state index in [4.69, 9.17) is 22.5 Å². The first kappa shape index (κ1) is 10.2. The molecule has 5 heteroatoms. The van der Waals surface area contributed by atoms with E-state index in [9.17, 15) is 4.39 Å². The van der Waals surface area contributed by atoms with Crippen molar-refractivity contribution in [3.63, 3.8) is 0 Å². The Morgan fingerprint density at radius 3 is 2.73 bits per heavy atom. The van der Waals surface area contributed by atoms with Crippen LogP contribution in [0.3, 0.4) is 0 Å². The maximum Gasteiger partial charge on any atom is 0.149 e. The summed E-state index contributed by atoms with van der Waals surface area (Å²) in [6.07, 6.45) is 1.46. The normalized spacial score (nSPS) is 18.9. The van der Waals surface area contributed by atoms with Gasteiger partial charge in [0, 0.05) is 0 Å². The van der Waals surface area contributed by atoms with Crippen molar-refractivity contribution in [2.45, 2.75) is 18.3 Å². The van der Waals surface area contributed by atoms with Gasteiger partial charge >= 0.3 is 0 Å². The van der Waals surface area contributed by atoms with Gasteiger partial charge in [-0.3, -0.25) is 0 Å².